The van der Waals surface area contributed by atoms with E-state index in [0.29, 0.717) is 55.0 Å². The van der Waals surface area contributed by atoms with Crippen LogP contribution in [0.25, 0.3) is 16.9 Å². The Kier molecular flexibility index (Phi) is 6.27. The van der Waals surface area contributed by atoms with Crippen LogP contribution in [-0.2, 0) is 11.2 Å². The summed E-state index contributed by atoms with van der Waals surface area (Å²) < 4.78 is 34.8. The van der Waals surface area contributed by atoms with E-state index < -0.39 is 6.43 Å². The van der Waals surface area contributed by atoms with Crippen LogP contribution in [0.3, 0.4) is 0 Å². The van der Waals surface area contributed by atoms with E-state index in [1.807, 2.05) is 12.1 Å². The molecule has 170 valence electrons. The van der Waals surface area contributed by atoms with Crippen molar-refractivity contribution in [1.29, 1.82) is 0 Å². The van der Waals surface area contributed by atoms with Gasteiger partial charge in [-0.1, -0.05) is 12.1 Å². The van der Waals surface area contributed by atoms with E-state index in [0.717, 1.165) is 38.0 Å². The van der Waals surface area contributed by atoms with Gasteiger partial charge in [0.15, 0.2) is 5.82 Å². The summed E-state index contributed by atoms with van der Waals surface area (Å²) in [6.45, 7) is 4.74. The summed E-state index contributed by atoms with van der Waals surface area (Å²) in [6.07, 6.45) is 1.45. The number of aryl methyl sites for hydroxylation is 1. The van der Waals surface area contributed by atoms with Crippen molar-refractivity contribution in [2.75, 3.05) is 44.3 Å². The second-order valence-corrected chi connectivity index (χ2v) is 8.46. The average Bonchev–Trinajstić information content (AvgIpc) is 3.47. The van der Waals surface area contributed by atoms with Gasteiger partial charge < -0.3 is 15.0 Å². The molecule has 0 spiro atoms. The fourth-order valence-corrected chi connectivity index (χ4v) is 4.58. The number of alkyl halides is 2. The Morgan fingerprint density at radius 3 is 2.75 bits per heavy atom. The molecule has 2 aliphatic rings. The number of hydrogen-bond donors (Lipinski definition) is 1. The summed E-state index contributed by atoms with van der Waals surface area (Å²) in [7, 11) is 0. The maximum atomic E-state index is 13.9. The largest absolute Gasteiger partial charge is 0.378 e. The van der Waals surface area contributed by atoms with Crippen molar-refractivity contribution in [3.05, 3.63) is 41.9 Å². The van der Waals surface area contributed by atoms with E-state index in [1.165, 1.54) is 11.0 Å². The number of imidazole rings is 1. The number of nitrogens with one attached hydrogen (secondary N) is 1. The van der Waals surface area contributed by atoms with Gasteiger partial charge >= 0.3 is 0 Å². The second-order valence-electron chi connectivity index (χ2n) is 8.46. The topological polar surface area (TPSA) is 68.1 Å². The number of ether oxygens (including phenoxy) is 1. The fraction of sp³-hybridized carbons (Fsp3) is 0.522. The van der Waals surface area contributed by atoms with E-state index in [-0.39, 0.29) is 5.82 Å². The zero-order valence-electron chi connectivity index (χ0n) is 18.0. The van der Waals surface area contributed by atoms with Gasteiger partial charge in [-0.15, -0.1) is 0 Å². The van der Waals surface area contributed by atoms with Gasteiger partial charge in [0, 0.05) is 24.8 Å². The Hall–Kier alpha value is -2.65. The molecule has 0 saturated carbocycles. The summed E-state index contributed by atoms with van der Waals surface area (Å²) in [5.41, 5.74) is 2.03. The summed E-state index contributed by atoms with van der Waals surface area (Å²) in [5, 5.41) is 3.41. The molecule has 0 unspecified atom stereocenters. The van der Waals surface area contributed by atoms with E-state index in [4.69, 9.17) is 14.7 Å². The number of nitrogens with zero attached hydrogens (tertiary/aromatic N) is 5. The van der Waals surface area contributed by atoms with Crippen molar-refractivity contribution < 1.29 is 13.5 Å². The summed E-state index contributed by atoms with van der Waals surface area (Å²) in [4.78, 5) is 15.8. The third-order valence-corrected chi connectivity index (χ3v) is 6.27. The standard InChI is InChI=1S/C23H28F2N6O/c24-21(25)22-28-18-6-1-2-7-19(18)31(22)20-14-17(5-3-4-16-8-9-26-15-16)27-23(29-20)30-10-12-32-13-11-30/h1-2,6-7,14,16,21,26H,3-5,8-13,15H2/t16-/m0/s1. The predicted octanol–water partition coefficient (Wildman–Crippen LogP) is 3.52. The van der Waals surface area contributed by atoms with E-state index in [9.17, 15) is 8.78 Å². The first kappa shape index (κ1) is 21.2. The minimum absolute atomic E-state index is 0.291. The number of halogens is 2. The molecule has 2 saturated heterocycles. The van der Waals surface area contributed by atoms with Crippen molar-refractivity contribution in [2.24, 2.45) is 5.92 Å². The van der Waals surface area contributed by atoms with Gasteiger partial charge in [-0.3, -0.25) is 4.57 Å². The van der Waals surface area contributed by atoms with Crippen LogP contribution in [-0.4, -0.2) is 58.9 Å². The number of para-hydroxylation sites is 2. The van der Waals surface area contributed by atoms with Crippen LogP contribution in [0.4, 0.5) is 14.7 Å². The molecule has 32 heavy (non-hydrogen) atoms. The van der Waals surface area contributed by atoms with Crippen molar-refractivity contribution >= 4 is 17.0 Å². The molecule has 0 bridgehead atoms. The molecule has 0 amide bonds. The highest BCUT2D eigenvalue weighted by Gasteiger charge is 2.23. The van der Waals surface area contributed by atoms with Gasteiger partial charge in [-0.2, -0.15) is 4.98 Å². The number of aromatic nitrogens is 4. The second kappa shape index (κ2) is 9.46. The molecule has 1 N–H and O–H groups in total. The number of benzene rings is 1. The molecule has 1 aromatic carbocycles. The summed E-state index contributed by atoms with van der Waals surface area (Å²) >= 11 is 0. The van der Waals surface area contributed by atoms with E-state index in [2.05, 4.69) is 15.2 Å². The molecule has 9 heteroatoms. The monoisotopic (exact) mass is 442 g/mol. The summed E-state index contributed by atoms with van der Waals surface area (Å²) in [6, 6.07) is 9.03. The number of hydrogen-bond acceptors (Lipinski definition) is 6. The van der Waals surface area contributed by atoms with Crippen LogP contribution >= 0.6 is 0 Å². The highest BCUT2D eigenvalue weighted by molar-refractivity contribution is 5.78. The van der Waals surface area contributed by atoms with Crippen LogP contribution in [0.2, 0.25) is 0 Å². The number of morpholine rings is 1. The quantitative estimate of drug-likeness (QED) is 0.604. The average molecular weight is 443 g/mol. The molecule has 4 heterocycles. The summed E-state index contributed by atoms with van der Waals surface area (Å²) in [5.74, 6) is 1.43. The molecule has 7 nitrogen and oxygen atoms in total. The maximum Gasteiger partial charge on any atom is 0.296 e. The third-order valence-electron chi connectivity index (χ3n) is 6.27. The first-order chi connectivity index (χ1) is 15.7. The molecule has 2 fully saturated rings. The van der Waals surface area contributed by atoms with Crippen LogP contribution in [0, 0.1) is 5.92 Å². The molecule has 1 atom stereocenters. The minimum atomic E-state index is -2.71. The van der Waals surface area contributed by atoms with Crippen LogP contribution in [0.15, 0.2) is 30.3 Å². The molecular weight excluding hydrogens is 414 g/mol. The molecule has 2 aromatic heterocycles. The highest BCUT2D eigenvalue weighted by Crippen LogP contribution is 2.28. The van der Waals surface area contributed by atoms with Crippen LogP contribution in [0.1, 0.15) is 37.2 Å². The van der Waals surface area contributed by atoms with E-state index in [1.54, 1.807) is 18.2 Å². The predicted molar refractivity (Wildman–Crippen MR) is 119 cm³/mol. The van der Waals surface area contributed by atoms with E-state index >= 15 is 0 Å². The first-order valence-corrected chi connectivity index (χ1v) is 11.4. The molecule has 2 aliphatic heterocycles. The van der Waals surface area contributed by atoms with Gasteiger partial charge in [-0.25, -0.2) is 18.7 Å². The molecule has 0 aliphatic carbocycles. The van der Waals surface area contributed by atoms with Crippen LogP contribution < -0.4 is 10.2 Å². The van der Waals surface area contributed by atoms with Gasteiger partial charge in [0.2, 0.25) is 5.95 Å². The lowest BCUT2D eigenvalue weighted by Gasteiger charge is -2.27. The Labute approximate surface area is 185 Å². The third kappa shape index (κ3) is 4.45. The highest BCUT2D eigenvalue weighted by atomic mass is 19.3. The zero-order valence-corrected chi connectivity index (χ0v) is 18.0. The lowest BCUT2D eigenvalue weighted by Crippen LogP contribution is -2.37. The smallest absolute Gasteiger partial charge is 0.296 e. The van der Waals surface area contributed by atoms with Crippen molar-refractivity contribution in [3.8, 4) is 5.82 Å². The maximum absolute atomic E-state index is 13.9. The molecule has 5 rings (SSSR count). The fourth-order valence-electron chi connectivity index (χ4n) is 4.58. The zero-order chi connectivity index (χ0) is 21.9. The molecule has 0 radical (unpaired) electrons. The lowest BCUT2D eigenvalue weighted by molar-refractivity contribution is 0.122. The number of fused-ring (bicyclic) bond motifs is 1. The van der Waals surface area contributed by atoms with Gasteiger partial charge in [-0.05, 0) is 56.8 Å². The normalized spacial score (nSPS) is 19.3. The van der Waals surface area contributed by atoms with Gasteiger partial charge in [0.25, 0.3) is 6.43 Å². The molecule has 3 aromatic rings. The van der Waals surface area contributed by atoms with Crippen molar-refractivity contribution in [2.45, 2.75) is 32.1 Å². The Morgan fingerprint density at radius 1 is 1.12 bits per heavy atom. The SMILES string of the molecule is FC(F)c1nc2ccccc2n1-c1cc(CCC[C@H]2CCNC2)nc(N2CCOCC2)n1. The minimum Gasteiger partial charge on any atom is -0.378 e. The van der Waals surface area contributed by atoms with Crippen LogP contribution in [0.5, 0.6) is 0 Å². The number of rotatable bonds is 7. The number of anilines is 1. The Balaban J connectivity index is 1.52. The first-order valence-electron chi connectivity index (χ1n) is 11.4. The van der Waals surface area contributed by atoms with Crippen molar-refractivity contribution in [3.63, 3.8) is 0 Å². The molecular formula is C23H28F2N6O. The Morgan fingerprint density at radius 2 is 1.97 bits per heavy atom. The lowest BCUT2D eigenvalue weighted by atomic mass is 10.0. The Bertz CT molecular complexity index is 1060. The van der Waals surface area contributed by atoms with Gasteiger partial charge in [0.1, 0.15) is 5.82 Å². The van der Waals surface area contributed by atoms with Crippen molar-refractivity contribution in [1.82, 2.24) is 24.8 Å². The van der Waals surface area contributed by atoms with Gasteiger partial charge in [0.05, 0.1) is 24.2 Å².